The fourth-order valence-corrected chi connectivity index (χ4v) is 4.31. The molecule has 1 fully saturated rings. The van der Waals surface area contributed by atoms with Crippen molar-refractivity contribution in [1.29, 1.82) is 5.26 Å². The van der Waals surface area contributed by atoms with Crippen LogP contribution in [0.2, 0.25) is 0 Å². The van der Waals surface area contributed by atoms with E-state index >= 15 is 0 Å². The summed E-state index contributed by atoms with van der Waals surface area (Å²) in [7, 11) is 0. The Balaban J connectivity index is 1.73. The molecular formula is C22H17F5N4OS. The van der Waals surface area contributed by atoms with Crippen LogP contribution < -0.4 is 5.56 Å². The summed E-state index contributed by atoms with van der Waals surface area (Å²) in [6.45, 7) is 0.152. The fourth-order valence-electron chi connectivity index (χ4n) is 3.49. The Hall–Kier alpha value is -3.00. The predicted molar refractivity (Wildman–Crippen MR) is 113 cm³/mol. The van der Waals surface area contributed by atoms with Gasteiger partial charge in [0, 0.05) is 23.5 Å². The summed E-state index contributed by atoms with van der Waals surface area (Å²) in [6, 6.07) is 7.08. The summed E-state index contributed by atoms with van der Waals surface area (Å²) < 4.78 is 64.8. The first-order chi connectivity index (χ1) is 15.5. The van der Waals surface area contributed by atoms with Crippen LogP contribution in [0.3, 0.4) is 0 Å². The highest BCUT2D eigenvalue weighted by Gasteiger charge is 2.57. The number of fused-ring (bicyclic) bond motifs is 1. The maximum atomic E-state index is 13.4. The summed E-state index contributed by atoms with van der Waals surface area (Å²) in [4.78, 5) is 22.1. The lowest BCUT2D eigenvalue weighted by molar-refractivity contribution is -0.287. The number of nitrogens with zero attached hydrogens (tertiary/aromatic N) is 4. The van der Waals surface area contributed by atoms with Crippen LogP contribution in [0.25, 0.3) is 22.2 Å². The number of hydrogen-bond donors (Lipinski definition) is 0. The highest BCUT2D eigenvalue weighted by atomic mass is 32.2. The topological polar surface area (TPSA) is 71.6 Å². The van der Waals surface area contributed by atoms with Crippen LogP contribution in [0.15, 0.2) is 46.5 Å². The molecule has 0 radical (unpaired) electrons. The number of pyridine rings is 3. The Morgan fingerprint density at radius 3 is 2.52 bits per heavy atom. The third-order valence-electron chi connectivity index (χ3n) is 5.56. The Labute approximate surface area is 189 Å². The molecule has 5 nitrogen and oxygen atoms in total. The first-order valence-corrected chi connectivity index (χ1v) is 11.0. The molecular weight excluding hydrogens is 463 g/mol. The molecule has 11 heteroatoms. The van der Waals surface area contributed by atoms with Crippen molar-refractivity contribution in [3.8, 4) is 17.5 Å². The van der Waals surface area contributed by atoms with Gasteiger partial charge in [0.2, 0.25) is 0 Å². The Morgan fingerprint density at radius 2 is 1.91 bits per heavy atom. The second kappa shape index (κ2) is 8.09. The molecule has 0 saturated heterocycles. The summed E-state index contributed by atoms with van der Waals surface area (Å²) in [5.74, 6) is -4.30. The van der Waals surface area contributed by atoms with Gasteiger partial charge in [-0.15, -0.1) is 11.8 Å². The van der Waals surface area contributed by atoms with Crippen LogP contribution in [0.4, 0.5) is 22.0 Å². The molecule has 1 saturated carbocycles. The van der Waals surface area contributed by atoms with Crippen LogP contribution in [-0.2, 0) is 12.0 Å². The van der Waals surface area contributed by atoms with Crippen molar-refractivity contribution >= 4 is 22.5 Å². The standard InChI is InChI=1S/C22H17F5N4OS/c1-2-33-17-8-14(20(11-28)4-5-20)9-30-18(17)16-7-13-3-6-31(19(32)15(13)10-29-16)12-21(23,24)22(25,26)27/h3,6-10H,2,4-5,12H2,1H3. The predicted octanol–water partition coefficient (Wildman–Crippen LogP) is 5.32. The molecule has 0 bridgehead atoms. The lowest BCUT2D eigenvalue weighted by Gasteiger charge is -2.20. The van der Waals surface area contributed by atoms with Gasteiger partial charge < -0.3 is 4.57 Å². The van der Waals surface area contributed by atoms with Gasteiger partial charge in [-0.25, -0.2) is 0 Å². The van der Waals surface area contributed by atoms with Gasteiger partial charge in [0.25, 0.3) is 5.56 Å². The number of hydrogen-bond acceptors (Lipinski definition) is 5. The fraction of sp³-hybridized carbons (Fsp3) is 0.364. The van der Waals surface area contributed by atoms with E-state index in [1.165, 1.54) is 17.8 Å². The minimum atomic E-state index is -5.76. The van der Waals surface area contributed by atoms with E-state index in [0.29, 0.717) is 21.3 Å². The zero-order valence-corrected chi connectivity index (χ0v) is 18.1. The smallest absolute Gasteiger partial charge is 0.308 e. The molecule has 0 unspecified atom stereocenters. The van der Waals surface area contributed by atoms with Gasteiger partial charge in [0.15, 0.2) is 0 Å². The SMILES string of the molecule is CCSc1cc(C2(C#N)CC2)cnc1-c1cc2ccn(CC(F)(F)C(F)(F)F)c(=O)c2cn1. The van der Waals surface area contributed by atoms with E-state index in [2.05, 4.69) is 16.0 Å². The molecule has 3 aromatic heterocycles. The Kier molecular flexibility index (Phi) is 5.68. The van der Waals surface area contributed by atoms with Crippen LogP contribution in [-0.4, -0.2) is 32.4 Å². The largest absolute Gasteiger partial charge is 0.455 e. The van der Waals surface area contributed by atoms with E-state index in [4.69, 9.17) is 0 Å². The van der Waals surface area contributed by atoms with E-state index in [0.717, 1.165) is 41.4 Å². The first-order valence-electron chi connectivity index (χ1n) is 10.00. The number of halogens is 5. The first kappa shape index (κ1) is 23.2. The van der Waals surface area contributed by atoms with Gasteiger partial charge in [-0.1, -0.05) is 6.92 Å². The van der Waals surface area contributed by atoms with Crippen molar-refractivity contribution in [2.45, 2.75) is 48.7 Å². The van der Waals surface area contributed by atoms with E-state index in [1.807, 2.05) is 13.0 Å². The van der Waals surface area contributed by atoms with E-state index in [9.17, 15) is 32.0 Å². The van der Waals surface area contributed by atoms with Crippen molar-refractivity contribution in [1.82, 2.24) is 14.5 Å². The van der Waals surface area contributed by atoms with Crippen molar-refractivity contribution in [3.63, 3.8) is 0 Å². The number of nitriles is 1. The third-order valence-corrected chi connectivity index (χ3v) is 6.47. The quantitative estimate of drug-likeness (QED) is 0.353. The highest BCUT2D eigenvalue weighted by Crippen LogP contribution is 2.48. The van der Waals surface area contributed by atoms with Crippen LogP contribution in [0, 0.1) is 11.3 Å². The number of thioether (sulfide) groups is 1. The average molecular weight is 480 g/mol. The van der Waals surface area contributed by atoms with Gasteiger partial charge in [0.1, 0.15) is 5.69 Å². The zero-order chi connectivity index (χ0) is 24.0. The van der Waals surface area contributed by atoms with Gasteiger partial charge >= 0.3 is 12.1 Å². The molecule has 0 amide bonds. The molecule has 1 aliphatic carbocycles. The molecule has 0 spiro atoms. The number of alkyl halides is 5. The van der Waals surface area contributed by atoms with E-state index in [-0.39, 0.29) is 5.39 Å². The summed E-state index contributed by atoms with van der Waals surface area (Å²) in [5.41, 5.74) is 0.291. The lowest BCUT2D eigenvalue weighted by atomic mass is 9.99. The monoisotopic (exact) mass is 480 g/mol. The second-order valence-corrected chi connectivity index (χ2v) is 9.11. The van der Waals surface area contributed by atoms with Crippen LogP contribution >= 0.6 is 11.8 Å². The molecule has 3 aromatic rings. The molecule has 33 heavy (non-hydrogen) atoms. The molecule has 0 N–H and O–H groups in total. The molecule has 0 aliphatic heterocycles. The maximum Gasteiger partial charge on any atom is 0.455 e. The normalized spacial score (nSPS) is 15.4. The third kappa shape index (κ3) is 4.19. The molecule has 0 atom stereocenters. The lowest BCUT2D eigenvalue weighted by Crippen LogP contribution is -2.42. The highest BCUT2D eigenvalue weighted by molar-refractivity contribution is 7.99. The molecule has 0 aromatic carbocycles. The average Bonchev–Trinajstić information content (AvgIpc) is 3.56. The number of rotatable bonds is 6. The molecule has 4 rings (SSSR count). The second-order valence-electron chi connectivity index (χ2n) is 7.81. The van der Waals surface area contributed by atoms with Crippen LogP contribution in [0.5, 0.6) is 0 Å². The van der Waals surface area contributed by atoms with Crippen molar-refractivity contribution in [3.05, 3.63) is 52.7 Å². The maximum absolute atomic E-state index is 13.4. The van der Waals surface area contributed by atoms with Gasteiger partial charge in [-0.2, -0.15) is 27.2 Å². The summed E-state index contributed by atoms with van der Waals surface area (Å²) in [6.07, 6.45) is -0.518. The van der Waals surface area contributed by atoms with Gasteiger partial charge in [0.05, 0.1) is 29.1 Å². The Morgan fingerprint density at radius 1 is 1.18 bits per heavy atom. The summed E-state index contributed by atoms with van der Waals surface area (Å²) >= 11 is 1.52. The minimum absolute atomic E-state index is 0.0815. The Bertz CT molecular complexity index is 1330. The van der Waals surface area contributed by atoms with Gasteiger partial charge in [-0.3, -0.25) is 14.8 Å². The zero-order valence-electron chi connectivity index (χ0n) is 17.3. The molecule has 3 heterocycles. The van der Waals surface area contributed by atoms with E-state index < -0.39 is 29.6 Å². The van der Waals surface area contributed by atoms with Crippen molar-refractivity contribution in [2.75, 3.05) is 5.75 Å². The van der Waals surface area contributed by atoms with Crippen molar-refractivity contribution < 1.29 is 22.0 Å². The molecule has 172 valence electrons. The van der Waals surface area contributed by atoms with Crippen LogP contribution in [0.1, 0.15) is 25.3 Å². The van der Waals surface area contributed by atoms with Gasteiger partial charge in [-0.05, 0) is 47.7 Å². The van der Waals surface area contributed by atoms with E-state index in [1.54, 1.807) is 12.3 Å². The molecule has 1 aliphatic rings. The summed E-state index contributed by atoms with van der Waals surface area (Å²) in [5, 5.41) is 9.72. The number of aromatic nitrogens is 3. The minimum Gasteiger partial charge on any atom is -0.308 e. The van der Waals surface area contributed by atoms with Crippen molar-refractivity contribution in [2.24, 2.45) is 0 Å².